The fourth-order valence-electron chi connectivity index (χ4n) is 0.803. The first kappa shape index (κ1) is 7.36. The van der Waals surface area contributed by atoms with Gasteiger partial charge in [-0.25, -0.2) is 4.98 Å². The van der Waals surface area contributed by atoms with Crippen LogP contribution >= 0.6 is 11.3 Å². The molecule has 0 amide bonds. The zero-order valence-corrected chi connectivity index (χ0v) is 7.08. The standard InChI is InChI=1S/C8H7NO2S/c1-4-12-6-7(1)11-5-8-9-2-3-10-8/h1-4,6H,5H2. The molecule has 0 radical (unpaired) electrons. The number of nitrogens with zero attached hydrogens (tertiary/aromatic N) is 1. The first-order valence-electron chi connectivity index (χ1n) is 3.48. The summed E-state index contributed by atoms with van der Waals surface area (Å²) in [4.78, 5) is 3.93. The molecule has 0 spiro atoms. The third-order valence-corrected chi connectivity index (χ3v) is 2.00. The van der Waals surface area contributed by atoms with Gasteiger partial charge in [0.15, 0.2) is 6.61 Å². The van der Waals surface area contributed by atoms with Gasteiger partial charge in [0, 0.05) is 5.38 Å². The molecule has 0 N–H and O–H groups in total. The summed E-state index contributed by atoms with van der Waals surface area (Å²) in [5.74, 6) is 1.46. The van der Waals surface area contributed by atoms with Gasteiger partial charge in [-0.2, -0.15) is 0 Å². The third-order valence-electron chi connectivity index (χ3n) is 1.34. The average Bonchev–Trinajstić information content (AvgIpc) is 2.74. The van der Waals surface area contributed by atoms with Crippen molar-refractivity contribution in [2.45, 2.75) is 6.61 Å². The smallest absolute Gasteiger partial charge is 0.232 e. The van der Waals surface area contributed by atoms with E-state index >= 15 is 0 Å². The summed E-state index contributed by atoms with van der Waals surface area (Å²) in [7, 11) is 0. The van der Waals surface area contributed by atoms with Gasteiger partial charge in [-0.3, -0.25) is 0 Å². The maximum atomic E-state index is 5.34. The van der Waals surface area contributed by atoms with Crippen molar-refractivity contribution < 1.29 is 9.15 Å². The molecule has 2 rings (SSSR count). The molecule has 0 aliphatic rings. The number of hydrogen-bond acceptors (Lipinski definition) is 4. The Morgan fingerprint density at radius 2 is 2.58 bits per heavy atom. The fraction of sp³-hybridized carbons (Fsp3) is 0.125. The molecule has 0 atom stereocenters. The lowest BCUT2D eigenvalue weighted by molar-refractivity contribution is 0.264. The second kappa shape index (κ2) is 3.40. The third kappa shape index (κ3) is 1.65. The molecular weight excluding hydrogens is 174 g/mol. The van der Waals surface area contributed by atoms with E-state index in [1.54, 1.807) is 17.5 Å². The first-order chi connectivity index (χ1) is 5.95. The second-order valence-electron chi connectivity index (χ2n) is 2.17. The van der Waals surface area contributed by atoms with Gasteiger partial charge in [0.25, 0.3) is 0 Å². The summed E-state index contributed by atoms with van der Waals surface area (Å²) < 4.78 is 10.3. The van der Waals surface area contributed by atoms with Gasteiger partial charge in [-0.1, -0.05) is 0 Å². The van der Waals surface area contributed by atoms with Gasteiger partial charge in [0.1, 0.15) is 12.0 Å². The summed E-state index contributed by atoms with van der Waals surface area (Å²) in [6.07, 6.45) is 3.14. The Hall–Kier alpha value is -1.29. The van der Waals surface area contributed by atoms with Gasteiger partial charge < -0.3 is 9.15 Å². The minimum absolute atomic E-state index is 0.393. The number of ether oxygens (including phenoxy) is 1. The molecule has 0 aromatic carbocycles. The van der Waals surface area contributed by atoms with Crippen molar-refractivity contribution in [2.75, 3.05) is 0 Å². The monoisotopic (exact) mass is 181 g/mol. The summed E-state index contributed by atoms with van der Waals surface area (Å²) in [6, 6.07) is 1.91. The van der Waals surface area contributed by atoms with E-state index in [0.29, 0.717) is 12.5 Å². The average molecular weight is 181 g/mol. The van der Waals surface area contributed by atoms with Crippen LogP contribution in [0.4, 0.5) is 0 Å². The van der Waals surface area contributed by atoms with Crippen molar-refractivity contribution in [3.8, 4) is 5.75 Å². The highest BCUT2D eigenvalue weighted by Gasteiger charge is 1.98. The summed E-state index contributed by atoms with van der Waals surface area (Å²) in [5.41, 5.74) is 0. The van der Waals surface area contributed by atoms with E-state index in [1.807, 2.05) is 16.8 Å². The van der Waals surface area contributed by atoms with E-state index in [4.69, 9.17) is 9.15 Å². The minimum atomic E-state index is 0.393. The normalized spacial score (nSPS) is 10.0. The number of hydrogen-bond donors (Lipinski definition) is 0. The lowest BCUT2D eigenvalue weighted by Crippen LogP contribution is -1.93. The number of thiophene rings is 1. The largest absolute Gasteiger partial charge is 0.483 e. The van der Waals surface area contributed by atoms with Crippen LogP contribution < -0.4 is 4.74 Å². The van der Waals surface area contributed by atoms with E-state index in [0.717, 1.165) is 5.75 Å². The van der Waals surface area contributed by atoms with Crippen LogP contribution in [0.25, 0.3) is 0 Å². The molecule has 0 fully saturated rings. The van der Waals surface area contributed by atoms with E-state index in [2.05, 4.69) is 4.98 Å². The van der Waals surface area contributed by atoms with Crippen molar-refractivity contribution in [3.05, 3.63) is 35.2 Å². The lowest BCUT2D eigenvalue weighted by atomic mass is 10.6. The lowest BCUT2D eigenvalue weighted by Gasteiger charge is -1.97. The van der Waals surface area contributed by atoms with Crippen molar-refractivity contribution >= 4 is 11.3 Å². The molecule has 3 nitrogen and oxygen atoms in total. The Morgan fingerprint density at radius 1 is 1.58 bits per heavy atom. The molecule has 0 aliphatic carbocycles. The van der Waals surface area contributed by atoms with E-state index in [1.165, 1.54) is 6.26 Å². The van der Waals surface area contributed by atoms with Crippen LogP contribution in [0.3, 0.4) is 0 Å². The highest BCUT2D eigenvalue weighted by atomic mass is 32.1. The highest BCUT2D eigenvalue weighted by molar-refractivity contribution is 7.08. The van der Waals surface area contributed by atoms with Crippen LogP contribution in [-0.2, 0) is 6.61 Å². The Morgan fingerprint density at radius 3 is 3.25 bits per heavy atom. The van der Waals surface area contributed by atoms with Crippen LogP contribution in [-0.4, -0.2) is 4.98 Å². The first-order valence-corrected chi connectivity index (χ1v) is 4.43. The maximum absolute atomic E-state index is 5.34. The Bertz CT molecular complexity index is 280. The van der Waals surface area contributed by atoms with Crippen molar-refractivity contribution in [1.29, 1.82) is 0 Å². The van der Waals surface area contributed by atoms with Crippen molar-refractivity contribution in [3.63, 3.8) is 0 Å². The van der Waals surface area contributed by atoms with Crippen molar-refractivity contribution in [2.24, 2.45) is 0 Å². The number of rotatable bonds is 3. The minimum Gasteiger partial charge on any atom is -0.483 e. The van der Waals surface area contributed by atoms with Crippen LogP contribution in [0, 0.1) is 0 Å². The van der Waals surface area contributed by atoms with Crippen molar-refractivity contribution in [1.82, 2.24) is 4.98 Å². The van der Waals surface area contributed by atoms with E-state index in [9.17, 15) is 0 Å². The molecule has 12 heavy (non-hydrogen) atoms. The molecule has 2 aromatic rings. The van der Waals surface area contributed by atoms with Crippen LogP contribution in [0.15, 0.2) is 33.7 Å². The van der Waals surface area contributed by atoms with Crippen LogP contribution in [0.2, 0.25) is 0 Å². The Balaban J connectivity index is 1.91. The zero-order valence-electron chi connectivity index (χ0n) is 6.27. The Kier molecular flexibility index (Phi) is 2.09. The molecule has 2 heterocycles. The van der Waals surface area contributed by atoms with Gasteiger partial charge in [-0.05, 0) is 11.4 Å². The summed E-state index contributed by atoms with van der Waals surface area (Å²) in [5, 5.41) is 3.90. The zero-order chi connectivity index (χ0) is 8.23. The van der Waals surface area contributed by atoms with E-state index < -0.39 is 0 Å². The summed E-state index contributed by atoms with van der Waals surface area (Å²) in [6.45, 7) is 0.393. The molecule has 2 aromatic heterocycles. The van der Waals surface area contributed by atoms with Gasteiger partial charge in [-0.15, -0.1) is 11.3 Å². The van der Waals surface area contributed by atoms with Crippen LogP contribution in [0.5, 0.6) is 5.75 Å². The van der Waals surface area contributed by atoms with Gasteiger partial charge in [0.2, 0.25) is 5.89 Å². The number of aromatic nitrogens is 1. The maximum Gasteiger partial charge on any atom is 0.232 e. The SMILES string of the molecule is c1coc(COc2ccsc2)n1. The molecule has 4 heteroatoms. The fourth-order valence-corrected chi connectivity index (χ4v) is 1.38. The van der Waals surface area contributed by atoms with Gasteiger partial charge >= 0.3 is 0 Å². The molecule has 0 unspecified atom stereocenters. The predicted molar refractivity (Wildman–Crippen MR) is 45.2 cm³/mol. The molecule has 0 aliphatic heterocycles. The highest BCUT2D eigenvalue weighted by Crippen LogP contribution is 2.15. The number of oxazole rings is 1. The second-order valence-corrected chi connectivity index (χ2v) is 2.95. The van der Waals surface area contributed by atoms with E-state index in [-0.39, 0.29) is 0 Å². The molecular formula is C8H7NO2S. The summed E-state index contributed by atoms with van der Waals surface area (Å²) >= 11 is 1.60. The van der Waals surface area contributed by atoms with Crippen LogP contribution in [0.1, 0.15) is 5.89 Å². The molecule has 62 valence electrons. The quantitative estimate of drug-likeness (QED) is 0.728. The molecule has 0 saturated heterocycles. The van der Waals surface area contributed by atoms with Gasteiger partial charge in [0.05, 0.1) is 6.20 Å². The molecule has 0 saturated carbocycles. The predicted octanol–water partition coefficient (Wildman–Crippen LogP) is 2.32. The molecule has 0 bridgehead atoms. The topological polar surface area (TPSA) is 35.3 Å². The Labute approximate surface area is 73.6 Å².